The fraction of sp³-hybridized carbons (Fsp3) is 0.417. The van der Waals surface area contributed by atoms with Gasteiger partial charge in [0.25, 0.3) is 0 Å². The molecule has 0 heterocycles. The van der Waals surface area contributed by atoms with Crippen LogP contribution >= 0.6 is 0 Å². The predicted molar refractivity (Wildman–Crippen MR) is 131 cm³/mol. The summed E-state index contributed by atoms with van der Waals surface area (Å²) in [6.07, 6.45) is 0. The average Bonchev–Trinajstić information content (AvgIpc) is 2.80. The molecule has 0 aromatic heterocycles. The third kappa shape index (κ3) is 7.22. The molecule has 2 amide bonds. The number of anilines is 1. The molecular formula is C24H32F2N4O4S. The van der Waals surface area contributed by atoms with Crippen LogP contribution in [0.15, 0.2) is 48.5 Å². The van der Waals surface area contributed by atoms with E-state index in [2.05, 4.69) is 5.32 Å². The molecule has 2 rings (SSSR count). The molecule has 0 radical (unpaired) electrons. The maximum absolute atomic E-state index is 14.6. The number of rotatable bonds is 11. The summed E-state index contributed by atoms with van der Waals surface area (Å²) in [7, 11) is -1.77. The average molecular weight is 511 g/mol. The van der Waals surface area contributed by atoms with Crippen molar-refractivity contribution < 1.29 is 26.8 Å². The molecule has 0 bridgehead atoms. The van der Waals surface area contributed by atoms with Crippen LogP contribution in [0.4, 0.5) is 14.5 Å². The highest BCUT2D eigenvalue weighted by molar-refractivity contribution is 7.90. The second-order valence-electron chi connectivity index (χ2n) is 8.68. The lowest BCUT2D eigenvalue weighted by atomic mass is 10.1. The molecule has 8 nitrogen and oxygen atoms in total. The van der Waals surface area contributed by atoms with Crippen LogP contribution in [0.3, 0.4) is 0 Å². The van der Waals surface area contributed by atoms with Gasteiger partial charge in [0.1, 0.15) is 24.2 Å². The molecule has 0 saturated carbocycles. The van der Waals surface area contributed by atoms with Crippen molar-refractivity contribution >= 4 is 27.7 Å². The molecule has 0 saturated heterocycles. The van der Waals surface area contributed by atoms with E-state index >= 15 is 0 Å². The van der Waals surface area contributed by atoms with Gasteiger partial charge in [0.05, 0.1) is 5.69 Å². The zero-order valence-corrected chi connectivity index (χ0v) is 21.4. The quantitative estimate of drug-likeness (QED) is 0.504. The Labute approximate surface area is 205 Å². The van der Waals surface area contributed by atoms with Gasteiger partial charge in [0.2, 0.25) is 11.8 Å². The van der Waals surface area contributed by atoms with Crippen molar-refractivity contribution in [2.45, 2.75) is 33.4 Å². The van der Waals surface area contributed by atoms with Crippen LogP contribution in [0.5, 0.6) is 0 Å². The molecule has 0 spiro atoms. The molecule has 35 heavy (non-hydrogen) atoms. The van der Waals surface area contributed by atoms with E-state index in [1.165, 1.54) is 57.4 Å². The standard InChI is InChI=1S/C24H32F2N4O4S/c1-17(2)14-27-24(32)18(3)29(15-19-10-6-7-11-20(19)25)23(31)16-30(35(33,34)28(4)5)22-13-9-8-12-21(22)26/h6-13,17-18H,14-16H2,1-5H3,(H,27,32)/t18-/m1/s1. The van der Waals surface area contributed by atoms with Gasteiger partial charge in [-0.05, 0) is 31.0 Å². The molecule has 1 atom stereocenters. The Morgan fingerprint density at radius 3 is 2.06 bits per heavy atom. The van der Waals surface area contributed by atoms with E-state index < -0.39 is 46.2 Å². The molecule has 1 N–H and O–H groups in total. The summed E-state index contributed by atoms with van der Waals surface area (Å²) in [4.78, 5) is 27.4. The van der Waals surface area contributed by atoms with E-state index in [1.54, 1.807) is 6.07 Å². The smallest absolute Gasteiger partial charge is 0.304 e. The van der Waals surface area contributed by atoms with Crippen molar-refractivity contribution in [2.24, 2.45) is 5.92 Å². The van der Waals surface area contributed by atoms with Gasteiger partial charge < -0.3 is 10.2 Å². The molecule has 192 valence electrons. The summed E-state index contributed by atoms with van der Waals surface area (Å²) < 4.78 is 56.5. The second kappa shape index (κ2) is 12.1. The van der Waals surface area contributed by atoms with Crippen molar-refractivity contribution in [1.29, 1.82) is 0 Å². The van der Waals surface area contributed by atoms with Crippen LogP contribution in [0.1, 0.15) is 26.3 Å². The lowest BCUT2D eigenvalue weighted by Gasteiger charge is -2.33. The summed E-state index contributed by atoms with van der Waals surface area (Å²) in [5, 5.41) is 2.73. The largest absolute Gasteiger partial charge is 0.354 e. The number of nitrogens with one attached hydrogen (secondary N) is 1. The van der Waals surface area contributed by atoms with E-state index in [-0.39, 0.29) is 23.7 Å². The first-order valence-corrected chi connectivity index (χ1v) is 12.5. The Morgan fingerprint density at radius 1 is 0.943 bits per heavy atom. The zero-order chi connectivity index (χ0) is 26.3. The molecule has 0 aliphatic rings. The van der Waals surface area contributed by atoms with Gasteiger partial charge in [-0.3, -0.25) is 9.59 Å². The Kier molecular flexibility index (Phi) is 9.73. The van der Waals surface area contributed by atoms with Crippen molar-refractivity contribution in [3.05, 3.63) is 65.7 Å². The first-order chi connectivity index (χ1) is 16.4. The lowest BCUT2D eigenvalue weighted by molar-refractivity contribution is -0.139. The van der Waals surface area contributed by atoms with E-state index in [1.807, 2.05) is 13.8 Å². The highest BCUT2D eigenvalue weighted by Crippen LogP contribution is 2.24. The molecule has 0 aliphatic carbocycles. The van der Waals surface area contributed by atoms with Crippen LogP contribution in [0.25, 0.3) is 0 Å². The van der Waals surface area contributed by atoms with Gasteiger partial charge in [-0.1, -0.05) is 44.2 Å². The third-order valence-corrected chi connectivity index (χ3v) is 7.10. The molecule has 2 aromatic carbocycles. The molecule has 0 fully saturated rings. The molecule has 0 unspecified atom stereocenters. The van der Waals surface area contributed by atoms with Crippen molar-refractivity contribution in [2.75, 3.05) is 31.5 Å². The number of para-hydroxylation sites is 1. The lowest BCUT2D eigenvalue weighted by Crippen LogP contribution is -2.52. The minimum Gasteiger partial charge on any atom is -0.354 e. The van der Waals surface area contributed by atoms with Crippen molar-refractivity contribution in [1.82, 2.24) is 14.5 Å². The topological polar surface area (TPSA) is 90.0 Å². The maximum Gasteiger partial charge on any atom is 0.304 e. The minimum atomic E-state index is -4.29. The predicted octanol–water partition coefficient (Wildman–Crippen LogP) is 2.77. The fourth-order valence-corrected chi connectivity index (χ4v) is 4.27. The van der Waals surface area contributed by atoms with Crippen LogP contribution in [-0.4, -0.2) is 62.7 Å². The number of amides is 2. The number of hydrogen-bond acceptors (Lipinski definition) is 4. The van der Waals surface area contributed by atoms with Gasteiger partial charge >= 0.3 is 10.2 Å². The number of benzene rings is 2. The number of hydrogen-bond donors (Lipinski definition) is 1. The summed E-state index contributed by atoms with van der Waals surface area (Å²) in [5.41, 5.74) is -0.172. The number of carbonyl (C=O) groups excluding carboxylic acids is 2. The van der Waals surface area contributed by atoms with Crippen LogP contribution < -0.4 is 9.62 Å². The van der Waals surface area contributed by atoms with Crippen molar-refractivity contribution in [3.63, 3.8) is 0 Å². The van der Waals surface area contributed by atoms with Gasteiger partial charge in [0, 0.05) is 32.7 Å². The Hall–Kier alpha value is -3.05. The van der Waals surface area contributed by atoms with E-state index in [4.69, 9.17) is 0 Å². The first-order valence-electron chi connectivity index (χ1n) is 11.1. The SMILES string of the molecule is CC(C)CNC(=O)[C@@H](C)N(Cc1ccccc1F)C(=O)CN(c1ccccc1F)S(=O)(=O)N(C)C. The number of nitrogens with zero attached hydrogens (tertiary/aromatic N) is 3. The van der Waals surface area contributed by atoms with Gasteiger partial charge in [-0.25, -0.2) is 13.1 Å². The van der Waals surface area contributed by atoms with Crippen LogP contribution in [0.2, 0.25) is 0 Å². The Bertz CT molecular complexity index is 1140. The van der Waals surface area contributed by atoms with E-state index in [0.717, 1.165) is 15.3 Å². The second-order valence-corrected chi connectivity index (χ2v) is 10.7. The van der Waals surface area contributed by atoms with Crippen molar-refractivity contribution in [3.8, 4) is 0 Å². The normalized spacial score (nSPS) is 12.5. The molecular weight excluding hydrogens is 478 g/mol. The summed E-state index contributed by atoms with van der Waals surface area (Å²) in [6, 6.07) is 9.89. The first kappa shape index (κ1) is 28.2. The Balaban J connectivity index is 2.46. The molecule has 0 aliphatic heterocycles. The Morgan fingerprint density at radius 2 is 1.51 bits per heavy atom. The number of halogens is 2. The number of carbonyl (C=O) groups is 2. The van der Waals surface area contributed by atoms with Gasteiger partial charge in [-0.2, -0.15) is 12.7 Å². The van der Waals surface area contributed by atoms with Crippen LogP contribution in [-0.2, 0) is 26.3 Å². The highest BCUT2D eigenvalue weighted by Gasteiger charge is 2.34. The zero-order valence-electron chi connectivity index (χ0n) is 20.5. The van der Waals surface area contributed by atoms with E-state index in [0.29, 0.717) is 10.8 Å². The molecule has 11 heteroatoms. The highest BCUT2D eigenvalue weighted by atomic mass is 32.2. The summed E-state index contributed by atoms with van der Waals surface area (Å²) >= 11 is 0. The molecule has 2 aromatic rings. The van der Waals surface area contributed by atoms with Gasteiger partial charge in [-0.15, -0.1) is 0 Å². The maximum atomic E-state index is 14.6. The fourth-order valence-electron chi connectivity index (χ4n) is 3.20. The monoisotopic (exact) mass is 510 g/mol. The summed E-state index contributed by atoms with van der Waals surface area (Å²) in [5.74, 6) is -2.53. The van der Waals surface area contributed by atoms with E-state index in [9.17, 15) is 26.8 Å². The third-order valence-electron chi connectivity index (χ3n) is 5.29. The minimum absolute atomic E-state index is 0.150. The van der Waals surface area contributed by atoms with Gasteiger partial charge in [0.15, 0.2) is 0 Å². The summed E-state index contributed by atoms with van der Waals surface area (Å²) in [6.45, 7) is 4.58. The van der Waals surface area contributed by atoms with Crippen LogP contribution in [0, 0.1) is 17.6 Å².